The van der Waals surface area contributed by atoms with Gasteiger partial charge in [0.2, 0.25) is 0 Å². The molecule has 244 valence electrons. The molecule has 0 heterocycles. The van der Waals surface area contributed by atoms with Crippen molar-refractivity contribution in [3.8, 4) is 0 Å². The number of unbranched alkanes of at least 4 members (excludes halogenated alkanes) is 9. The molecule has 0 amide bonds. The Morgan fingerprint density at radius 1 is 0.524 bits per heavy atom. The molecule has 0 spiro atoms. The molecule has 0 aliphatic heterocycles. The maximum atomic E-state index is 5.43. The van der Waals surface area contributed by atoms with Crippen LogP contribution in [-0.4, -0.2) is 43.0 Å². The zero-order valence-corrected chi connectivity index (χ0v) is 30.8. The number of anilines is 2. The van der Waals surface area contributed by atoms with E-state index in [-0.39, 0.29) is 0 Å². The molecule has 2 aromatic rings. The first-order valence-corrected chi connectivity index (χ1v) is 18.4. The number of rotatable bonds is 18. The van der Waals surface area contributed by atoms with Gasteiger partial charge in [0.25, 0.3) is 0 Å². The van der Waals surface area contributed by atoms with E-state index in [0.29, 0.717) is 0 Å². The van der Waals surface area contributed by atoms with Gasteiger partial charge in [-0.2, -0.15) is 0 Å². The van der Waals surface area contributed by atoms with E-state index in [9.17, 15) is 0 Å². The van der Waals surface area contributed by atoms with Crippen molar-refractivity contribution in [2.45, 2.75) is 132 Å². The molecule has 2 N–H and O–H groups in total. The van der Waals surface area contributed by atoms with Gasteiger partial charge in [0.05, 0.1) is 0 Å². The molecule has 0 fully saturated rings. The summed E-state index contributed by atoms with van der Waals surface area (Å²) in [5, 5.41) is 1.17. The number of halogens is 1. The molecule has 4 heteroatoms. The Morgan fingerprint density at radius 3 is 1.21 bits per heavy atom. The van der Waals surface area contributed by atoms with Crippen LogP contribution in [0.25, 0.3) is 0 Å². The average Bonchev–Trinajstić information content (AvgIpc) is 3.00. The number of hydrogen-bond acceptors (Lipinski definition) is 3. The highest BCUT2D eigenvalue weighted by atomic mass is 79.9. The number of benzene rings is 2. The lowest BCUT2D eigenvalue weighted by Gasteiger charge is -2.25. The molecular weight excluding hydrogens is 578 g/mol. The van der Waals surface area contributed by atoms with E-state index >= 15 is 0 Å². The van der Waals surface area contributed by atoms with Crippen molar-refractivity contribution in [1.29, 1.82) is 0 Å². The van der Waals surface area contributed by atoms with Gasteiger partial charge in [-0.3, -0.25) is 0 Å². The zero-order valence-electron chi connectivity index (χ0n) is 29.2. The van der Waals surface area contributed by atoms with E-state index in [2.05, 4.69) is 98.5 Å². The number of hydrogen-bond donors (Lipinski definition) is 1. The Morgan fingerprint density at radius 2 is 0.905 bits per heavy atom. The third-order valence-electron chi connectivity index (χ3n) is 7.37. The first kappa shape index (κ1) is 42.6. The number of nitrogen functional groups attached to an aromatic ring is 1. The van der Waals surface area contributed by atoms with Crippen LogP contribution in [-0.2, 0) is 0 Å². The van der Waals surface area contributed by atoms with E-state index < -0.39 is 0 Å². The Labute approximate surface area is 272 Å². The lowest BCUT2D eigenvalue weighted by Crippen LogP contribution is -2.25. The molecule has 0 aliphatic carbocycles. The van der Waals surface area contributed by atoms with Gasteiger partial charge >= 0.3 is 0 Å². The van der Waals surface area contributed by atoms with Gasteiger partial charge < -0.3 is 15.5 Å². The average molecular weight is 649 g/mol. The number of nitrogens with zero attached hydrogens (tertiary/aromatic N) is 2. The van der Waals surface area contributed by atoms with Crippen molar-refractivity contribution in [3.05, 3.63) is 59.7 Å². The topological polar surface area (TPSA) is 32.5 Å². The smallest absolute Gasteiger partial charge is 0.0366 e. The summed E-state index contributed by atoms with van der Waals surface area (Å²) in [6.45, 7) is 23.6. The normalized spacial score (nSPS) is 10.1. The highest BCUT2D eigenvalue weighted by molar-refractivity contribution is 9.09. The van der Waals surface area contributed by atoms with Crippen LogP contribution in [0.3, 0.4) is 0 Å². The molecule has 0 bridgehead atoms. The second-order valence-corrected chi connectivity index (χ2v) is 12.0. The lowest BCUT2D eigenvalue weighted by atomic mass is 10.1. The van der Waals surface area contributed by atoms with Gasteiger partial charge in [0, 0.05) is 29.8 Å². The molecule has 0 radical (unpaired) electrons. The zero-order chi connectivity index (χ0) is 31.8. The maximum absolute atomic E-state index is 5.43. The van der Waals surface area contributed by atoms with Crippen LogP contribution >= 0.6 is 15.9 Å². The summed E-state index contributed by atoms with van der Waals surface area (Å²) in [7, 11) is 0. The molecule has 3 nitrogen and oxygen atoms in total. The summed E-state index contributed by atoms with van der Waals surface area (Å²) in [6.07, 6.45) is 16.2. The van der Waals surface area contributed by atoms with Gasteiger partial charge in [-0.15, -0.1) is 0 Å². The highest BCUT2D eigenvalue weighted by Gasteiger charge is 2.05. The molecule has 0 saturated heterocycles. The van der Waals surface area contributed by atoms with Crippen LogP contribution < -0.4 is 10.6 Å². The maximum Gasteiger partial charge on any atom is 0.0366 e. The van der Waals surface area contributed by atoms with E-state index in [4.69, 9.17) is 5.73 Å². The van der Waals surface area contributed by atoms with Crippen molar-refractivity contribution in [2.24, 2.45) is 0 Å². The summed E-state index contributed by atoms with van der Waals surface area (Å²) in [4.78, 5) is 4.96. The van der Waals surface area contributed by atoms with Crippen molar-refractivity contribution in [3.63, 3.8) is 0 Å². The fourth-order valence-electron chi connectivity index (χ4n) is 4.34. The van der Waals surface area contributed by atoms with Crippen molar-refractivity contribution < 1.29 is 0 Å². The first-order chi connectivity index (χ1) is 20.3. The summed E-state index contributed by atoms with van der Waals surface area (Å²) in [6, 6.07) is 16.8. The standard InChI is InChI=1S/C19H33N.C7H9N.C6H13Br.C6H15N/c1-4-6-8-10-16-20(17-11-9-7-5-2)19-14-12-18(3)13-15-19;1-6-2-4-7(8)5-3-6;1-2-3-4-5-6-7;1-4-7(5-2)6-3/h12-15H,4-11,16-17H2,1-3H3;2-5H,8H2,1H3;2-6H2,1H3;4-6H2,1-3H3. The summed E-state index contributed by atoms with van der Waals surface area (Å²) >= 11 is 3.38. The Hall–Kier alpha value is -1.52. The van der Waals surface area contributed by atoms with Crippen LogP contribution in [0.2, 0.25) is 0 Å². The molecule has 0 aliphatic rings. The minimum atomic E-state index is 0.829. The van der Waals surface area contributed by atoms with E-state index in [1.54, 1.807) is 0 Å². The van der Waals surface area contributed by atoms with Crippen molar-refractivity contribution >= 4 is 27.3 Å². The van der Waals surface area contributed by atoms with Gasteiger partial charge in [0.1, 0.15) is 0 Å². The fraction of sp³-hybridized carbons (Fsp3) is 0.684. The predicted octanol–water partition coefficient (Wildman–Crippen LogP) is 11.8. The molecule has 0 aromatic heterocycles. The largest absolute Gasteiger partial charge is 0.399 e. The van der Waals surface area contributed by atoms with Crippen molar-refractivity contribution in [2.75, 3.05) is 48.7 Å². The summed E-state index contributed by atoms with van der Waals surface area (Å²) < 4.78 is 0. The molecular formula is C38H70BrN3. The monoisotopic (exact) mass is 647 g/mol. The van der Waals surface area contributed by atoms with Crippen LogP contribution in [0.4, 0.5) is 11.4 Å². The molecule has 42 heavy (non-hydrogen) atoms. The molecule has 2 rings (SSSR count). The number of alkyl halides is 1. The quantitative estimate of drug-likeness (QED) is 0.0992. The number of aryl methyl sites for hydroxylation is 2. The summed E-state index contributed by atoms with van der Waals surface area (Å²) in [5.41, 5.74) is 10.3. The molecule has 2 aromatic carbocycles. The van der Waals surface area contributed by atoms with Crippen LogP contribution in [0, 0.1) is 13.8 Å². The van der Waals surface area contributed by atoms with Crippen molar-refractivity contribution in [1.82, 2.24) is 4.90 Å². The van der Waals surface area contributed by atoms with E-state index in [1.165, 1.54) is 132 Å². The van der Waals surface area contributed by atoms with Gasteiger partial charge in [0.15, 0.2) is 0 Å². The minimum absolute atomic E-state index is 0.829. The van der Waals surface area contributed by atoms with Gasteiger partial charge in [-0.25, -0.2) is 0 Å². The lowest BCUT2D eigenvalue weighted by molar-refractivity contribution is 0.321. The third-order valence-corrected chi connectivity index (χ3v) is 7.93. The predicted molar refractivity (Wildman–Crippen MR) is 199 cm³/mol. The van der Waals surface area contributed by atoms with Crippen LogP contribution in [0.1, 0.15) is 130 Å². The van der Waals surface area contributed by atoms with E-state index in [0.717, 1.165) is 5.69 Å². The van der Waals surface area contributed by atoms with Crippen LogP contribution in [0.5, 0.6) is 0 Å². The van der Waals surface area contributed by atoms with Crippen LogP contribution in [0.15, 0.2) is 48.5 Å². The number of nitrogens with two attached hydrogens (primary N) is 1. The second-order valence-electron chi connectivity index (χ2n) is 11.2. The molecule has 0 saturated carbocycles. The SMILES string of the molecule is CCCCCCBr.CCCCCCN(CCCCCC)c1ccc(C)cc1.CCN(CC)CC.Cc1ccc(N)cc1. The Balaban J connectivity index is 0. The Bertz CT molecular complexity index is 729. The second kappa shape index (κ2) is 32.4. The Kier molecular flexibility index (Phi) is 32.9. The van der Waals surface area contributed by atoms with E-state index in [1.807, 2.05) is 31.2 Å². The summed E-state index contributed by atoms with van der Waals surface area (Å²) in [5.74, 6) is 0. The van der Waals surface area contributed by atoms with Gasteiger partial charge in [-0.1, -0.05) is 151 Å². The fourth-order valence-corrected chi connectivity index (χ4v) is 4.74. The van der Waals surface area contributed by atoms with Gasteiger partial charge in [-0.05, 0) is 77.0 Å². The highest BCUT2D eigenvalue weighted by Crippen LogP contribution is 2.17. The third kappa shape index (κ3) is 27.3. The first-order valence-electron chi connectivity index (χ1n) is 17.2. The molecule has 0 atom stereocenters. The molecule has 0 unspecified atom stereocenters. The minimum Gasteiger partial charge on any atom is -0.399 e.